The van der Waals surface area contributed by atoms with E-state index in [1.807, 2.05) is 0 Å². The van der Waals surface area contributed by atoms with E-state index in [1.54, 1.807) is 6.08 Å². The maximum absolute atomic E-state index is 10.6. The molecular weight excluding hydrogens is 212 g/mol. The zero-order valence-electron chi connectivity index (χ0n) is 11.2. The number of allylic oxidation sites excluding steroid dienone is 1. The molecule has 1 saturated heterocycles. The maximum Gasteiger partial charge on any atom is 0.142 e. The van der Waals surface area contributed by atoms with Crippen LogP contribution in [0.15, 0.2) is 12.2 Å². The molecule has 3 aliphatic rings. The lowest BCUT2D eigenvalue weighted by Crippen LogP contribution is -2.32. The largest absolute Gasteiger partial charge is 0.362 e. The summed E-state index contributed by atoms with van der Waals surface area (Å²) in [6.45, 7) is 9.26. The van der Waals surface area contributed by atoms with Crippen LogP contribution in [0, 0.1) is 23.2 Å². The molecule has 94 valence electrons. The fourth-order valence-corrected chi connectivity index (χ4v) is 5.27. The average Bonchev–Trinajstić information content (AvgIpc) is 2.65. The number of hydrogen-bond donors (Lipinski definition) is 0. The third-order valence-electron chi connectivity index (χ3n) is 5.93. The second kappa shape index (κ2) is 3.03. The van der Waals surface area contributed by atoms with Crippen LogP contribution >= 0.6 is 0 Å². The summed E-state index contributed by atoms with van der Waals surface area (Å²) in [4.78, 5) is 10.6. The van der Waals surface area contributed by atoms with Gasteiger partial charge in [0.05, 0.1) is 0 Å². The second-order valence-corrected chi connectivity index (χ2v) is 6.85. The highest BCUT2D eigenvalue weighted by Crippen LogP contribution is 2.78. The lowest BCUT2D eigenvalue weighted by molar-refractivity contribution is -0.104. The molecule has 1 aliphatic heterocycles. The Hall–Kier alpha value is -0.630. The van der Waals surface area contributed by atoms with Gasteiger partial charge in [0.15, 0.2) is 0 Å². The van der Waals surface area contributed by atoms with E-state index in [2.05, 4.69) is 33.8 Å². The van der Waals surface area contributed by atoms with Gasteiger partial charge in [-0.15, -0.1) is 0 Å². The Balaban J connectivity index is 2.04. The van der Waals surface area contributed by atoms with Gasteiger partial charge < -0.3 is 4.74 Å². The van der Waals surface area contributed by atoms with Crippen LogP contribution in [-0.4, -0.2) is 17.5 Å². The Bertz CT molecular complexity index is 398. The summed E-state index contributed by atoms with van der Waals surface area (Å²) in [5, 5.41) is 0. The van der Waals surface area contributed by atoms with E-state index >= 15 is 0 Å². The van der Waals surface area contributed by atoms with Gasteiger partial charge in [-0.2, -0.15) is 0 Å². The van der Waals surface area contributed by atoms with Crippen LogP contribution in [0.3, 0.4) is 0 Å². The molecule has 1 spiro atoms. The predicted octanol–water partition coefficient (Wildman–Crippen LogP) is 2.97. The summed E-state index contributed by atoms with van der Waals surface area (Å²) in [6.07, 6.45) is 7.17. The van der Waals surface area contributed by atoms with Crippen LogP contribution in [0.4, 0.5) is 0 Å². The lowest BCUT2D eigenvalue weighted by atomic mass is 9.72. The minimum absolute atomic E-state index is 0.0312. The minimum Gasteiger partial charge on any atom is -0.362 e. The topological polar surface area (TPSA) is 29.6 Å². The molecule has 0 bridgehead atoms. The van der Waals surface area contributed by atoms with Crippen LogP contribution < -0.4 is 0 Å². The SMILES string of the molecule is C[C@@H]1CCC2C(C)(C)C(/C=C\C=O)C3(C)OC213. The van der Waals surface area contributed by atoms with Crippen molar-refractivity contribution in [3.05, 3.63) is 12.2 Å². The number of carbonyl (C=O) groups excluding carboxylic acids is 1. The number of aldehydes is 1. The molecule has 2 saturated carbocycles. The second-order valence-electron chi connectivity index (χ2n) is 6.85. The van der Waals surface area contributed by atoms with E-state index < -0.39 is 0 Å². The van der Waals surface area contributed by atoms with Crippen molar-refractivity contribution in [2.24, 2.45) is 23.2 Å². The molecule has 3 fully saturated rings. The molecule has 4 unspecified atom stereocenters. The Morgan fingerprint density at radius 1 is 1.24 bits per heavy atom. The molecule has 0 N–H and O–H groups in total. The molecule has 0 aromatic heterocycles. The van der Waals surface area contributed by atoms with Gasteiger partial charge in [0.1, 0.15) is 17.5 Å². The van der Waals surface area contributed by atoms with E-state index in [4.69, 9.17) is 4.74 Å². The first kappa shape index (κ1) is 11.5. The van der Waals surface area contributed by atoms with Gasteiger partial charge in [-0.25, -0.2) is 0 Å². The van der Waals surface area contributed by atoms with Gasteiger partial charge in [-0.3, -0.25) is 4.79 Å². The van der Waals surface area contributed by atoms with Crippen molar-refractivity contribution in [3.63, 3.8) is 0 Å². The van der Waals surface area contributed by atoms with Crippen molar-refractivity contribution in [1.29, 1.82) is 0 Å². The molecular formula is C15H22O2. The summed E-state index contributed by atoms with van der Waals surface area (Å²) in [5.74, 6) is 1.68. The van der Waals surface area contributed by atoms with Gasteiger partial charge in [0.2, 0.25) is 0 Å². The minimum atomic E-state index is -0.0312. The summed E-state index contributed by atoms with van der Waals surface area (Å²) in [6, 6.07) is 0. The number of epoxide rings is 1. The molecule has 2 nitrogen and oxygen atoms in total. The summed E-state index contributed by atoms with van der Waals surface area (Å²) in [5.41, 5.74) is 0.322. The Morgan fingerprint density at radius 3 is 2.53 bits per heavy atom. The first-order valence-electron chi connectivity index (χ1n) is 6.73. The molecule has 5 atom stereocenters. The monoisotopic (exact) mass is 234 g/mol. The van der Waals surface area contributed by atoms with E-state index in [0.717, 1.165) is 6.29 Å². The fourth-order valence-electron chi connectivity index (χ4n) is 5.27. The van der Waals surface area contributed by atoms with Crippen LogP contribution in [0.25, 0.3) is 0 Å². The van der Waals surface area contributed by atoms with Gasteiger partial charge in [0.25, 0.3) is 0 Å². The van der Waals surface area contributed by atoms with Crippen molar-refractivity contribution in [1.82, 2.24) is 0 Å². The summed E-state index contributed by atoms with van der Waals surface area (Å²) >= 11 is 0. The molecule has 2 aliphatic carbocycles. The highest BCUT2D eigenvalue weighted by Gasteiger charge is 2.85. The molecule has 0 amide bonds. The molecule has 3 rings (SSSR count). The number of rotatable bonds is 2. The van der Waals surface area contributed by atoms with E-state index in [9.17, 15) is 4.79 Å². The van der Waals surface area contributed by atoms with Crippen molar-refractivity contribution in [3.8, 4) is 0 Å². The van der Waals surface area contributed by atoms with Crippen LogP contribution in [0.5, 0.6) is 0 Å². The molecule has 2 heteroatoms. The van der Waals surface area contributed by atoms with Gasteiger partial charge >= 0.3 is 0 Å². The Morgan fingerprint density at radius 2 is 1.94 bits per heavy atom. The zero-order valence-corrected chi connectivity index (χ0v) is 11.2. The molecule has 0 radical (unpaired) electrons. The lowest BCUT2D eigenvalue weighted by Gasteiger charge is -2.35. The standard InChI is InChI=1S/C15H22O2/c1-10-7-8-12-13(2,3)11(6-5-9-16)14(4)15(10,12)17-14/h5-6,9-12H,7-8H2,1-4H3/b6-5-/t10-,11?,12?,14?,15?/m1/s1. The molecule has 17 heavy (non-hydrogen) atoms. The Labute approximate surface area is 103 Å². The van der Waals surface area contributed by atoms with Crippen molar-refractivity contribution in [2.45, 2.75) is 51.7 Å². The predicted molar refractivity (Wildman–Crippen MR) is 66.6 cm³/mol. The van der Waals surface area contributed by atoms with Crippen LogP contribution in [0.1, 0.15) is 40.5 Å². The van der Waals surface area contributed by atoms with Crippen LogP contribution in [-0.2, 0) is 9.53 Å². The first-order chi connectivity index (χ1) is 7.91. The van der Waals surface area contributed by atoms with Gasteiger partial charge in [0, 0.05) is 5.92 Å². The van der Waals surface area contributed by atoms with Crippen molar-refractivity contribution >= 4 is 6.29 Å². The normalized spacial score (nSPS) is 54.7. The molecule has 0 aromatic carbocycles. The number of hydrogen-bond acceptors (Lipinski definition) is 2. The first-order valence-corrected chi connectivity index (χ1v) is 6.73. The number of ether oxygens (including phenoxy) is 1. The van der Waals surface area contributed by atoms with E-state index in [0.29, 0.717) is 17.8 Å². The zero-order chi connectivity index (χ0) is 12.5. The molecule has 1 heterocycles. The quantitative estimate of drug-likeness (QED) is 0.417. The Kier molecular flexibility index (Phi) is 2.04. The molecule has 0 aromatic rings. The maximum atomic E-state index is 10.6. The van der Waals surface area contributed by atoms with Gasteiger partial charge in [-0.1, -0.05) is 26.8 Å². The van der Waals surface area contributed by atoms with E-state index in [1.165, 1.54) is 12.8 Å². The number of carbonyl (C=O) groups is 1. The van der Waals surface area contributed by atoms with Gasteiger partial charge in [-0.05, 0) is 43.1 Å². The van der Waals surface area contributed by atoms with E-state index in [-0.39, 0.29) is 16.6 Å². The highest BCUT2D eigenvalue weighted by atomic mass is 16.6. The highest BCUT2D eigenvalue weighted by molar-refractivity contribution is 5.65. The third kappa shape index (κ3) is 1.04. The fraction of sp³-hybridized carbons (Fsp3) is 0.800. The summed E-state index contributed by atoms with van der Waals surface area (Å²) in [7, 11) is 0. The third-order valence-corrected chi connectivity index (χ3v) is 5.93. The average molecular weight is 234 g/mol. The smallest absolute Gasteiger partial charge is 0.142 e. The summed E-state index contributed by atoms with van der Waals surface area (Å²) < 4.78 is 6.24. The van der Waals surface area contributed by atoms with Crippen molar-refractivity contribution < 1.29 is 9.53 Å². The van der Waals surface area contributed by atoms with Crippen LogP contribution in [0.2, 0.25) is 0 Å². The van der Waals surface area contributed by atoms with Crippen molar-refractivity contribution in [2.75, 3.05) is 0 Å².